The van der Waals surface area contributed by atoms with Gasteiger partial charge >= 0.3 is 0 Å². The predicted octanol–water partition coefficient (Wildman–Crippen LogP) is 3.10. The molecule has 0 bridgehead atoms. The van der Waals surface area contributed by atoms with Crippen LogP contribution in [-0.4, -0.2) is 42.7 Å². The summed E-state index contributed by atoms with van der Waals surface area (Å²) in [6.07, 6.45) is 1.36. The van der Waals surface area contributed by atoms with Crippen molar-refractivity contribution in [3.05, 3.63) is 40.9 Å². The first-order valence-corrected chi connectivity index (χ1v) is 11.3. The number of hydrogen-bond acceptors (Lipinski definition) is 8. The van der Waals surface area contributed by atoms with Crippen LogP contribution in [0.15, 0.2) is 44.3 Å². The Labute approximate surface area is 165 Å². The van der Waals surface area contributed by atoms with Crippen LogP contribution in [0.3, 0.4) is 0 Å². The summed E-state index contributed by atoms with van der Waals surface area (Å²) in [6.45, 7) is 1.25. The molecule has 1 fully saturated rings. The predicted molar refractivity (Wildman–Crippen MR) is 101 cm³/mol. The van der Waals surface area contributed by atoms with Gasteiger partial charge in [-0.05, 0) is 36.4 Å². The van der Waals surface area contributed by atoms with E-state index in [9.17, 15) is 8.42 Å². The number of sulfonamides is 1. The molecule has 0 aliphatic carbocycles. The van der Waals surface area contributed by atoms with E-state index in [-0.39, 0.29) is 4.90 Å². The summed E-state index contributed by atoms with van der Waals surface area (Å²) in [7, 11) is -3.74. The summed E-state index contributed by atoms with van der Waals surface area (Å²) in [5.41, 5.74) is 0.836. The minimum atomic E-state index is -3.74. The van der Waals surface area contributed by atoms with Crippen molar-refractivity contribution in [1.29, 1.82) is 0 Å². The second-order valence-corrected chi connectivity index (χ2v) is 9.21. The Morgan fingerprint density at radius 3 is 2.79 bits per heavy atom. The van der Waals surface area contributed by atoms with E-state index in [1.807, 2.05) is 16.8 Å². The lowest BCUT2D eigenvalue weighted by atomic mass is 10.2. The molecule has 0 amide bonds. The molecule has 1 unspecified atom stereocenters. The van der Waals surface area contributed by atoms with Gasteiger partial charge in [0, 0.05) is 23.6 Å². The third-order valence-electron chi connectivity index (χ3n) is 4.82. The van der Waals surface area contributed by atoms with Crippen molar-refractivity contribution in [2.45, 2.75) is 23.8 Å². The van der Waals surface area contributed by atoms with E-state index in [0.717, 1.165) is 12.0 Å². The fourth-order valence-corrected chi connectivity index (χ4v) is 5.76. The molecular weight excluding hydrogens is 402 g/mol. The van der Waals surface area contributed by atoms with Gasteiger partial charge in [0.25, 0.3) is 0 Å². The van der Waals surface area contributed by atoms with Gasteiger partial charge in [-0.25, -0.2) is 8.42 Å². The van der Waals surface area contributed by atoms with Gasteiger partial charge < -0.3 is 13.9 Å². The Bertz CT molecular complexity index is 1090. The number of aromatic nitrogens is 2. The highest BCUT2D eigenvalue weighted by Crippen LogP contribution is 2.39. The van der Waals surface area contributed by atoms with Crippen LogP contribution in [0.1, 0.15) is 24.8 Å². The van der Waals surface area contributed by atoms with Crippen LogP contribution in [0.2, 0.25) is 0 Å². The van der Waals surface area contributed by atoms with Gasteiger partial charge in [-0.15, -0.1) is 10.2 Å². The van der Waals surface area contributed by atoms with Crippen LogP contribution in [0.5, 0.6) is 11.5 Å². The molecule has 10 heteroatoms. The normalized spacial score (nSPS) is 19.8. The molecule has 2 aliphatic heterocycles. The molecule has 2 aromatic heterocycles. The van der Waals surface area contributed by atoms with E-state index in [4.69, 9.17) is 13.9 Å². The summed E-state index contributed by atoms with van der Waals surface area (Å²) < 4.78 is 44.8. The molecule has 8 nitrogen and oxygen atoms in total. The lowest BCUT2D eigenvalue weighted by Crippen LogP contribution is -2.31. The Morgan fingerprint density at radius 2 is 1.96 bits per heavy atom. The quantitative estimate of drug-likeness (QED) is 0.641. The zero-order valence-electron chi connectivity index (χ0n) is 14.8. The number of benzene rings is 1. The van der Waals surface area contributed by atoms with Crippen molar-refractivity contribution in [1.82, 2.24) is 14.5 Å². The first-order valence-electron chi connectivity index (χ1n) is 8.90. The van der Waals surface area contributed by atoms with Crippen molar-refractivity contribution in [3.63, 3.8) is 0 Å². The summed E-state index contributed by atoms with van der Waals surface area (Å²) in [5.74, 6) is 1.72. The Morgan fingerprint density at radius 1 is 1.11 bits per heavy atom. The summed E-state index contributed by atoms with van der Waals surface area (Å²) >= 11 is 1.53. The van der Waals surface area contributed by atoms with Crippen molar-refractivity contribution in [2.24, 2.45) is 0 Å². The van der Waals surface area contributed by atoms with Gasteiger partial charge in [0.05, 0.1) is 4.90 Å². The van der Waals surface area contributed by atoms with Gasteiger partial charge in [0.1, 0.15) is 19.3 Å². The highest BCUT2D eigenvalue weighted by Gasteiger charge is 2.39. The summed E-state index contributed by atoms with van der Waals surface area (Å²) in [4.78, 5) is 0.168. The molecule has 0 N–H and O–H groups in total. The number of rotatable bonds is 4. The fraction of sp³-hybridized carbons (Fsp3) is 0.333. The number of nitrogens with zero attached hydrogens (tertiary/aromatic N) is 3. The fourth-order valence-electron chi connectivity index (χ4n) is 3.47. The van der Waals surface area contributed by atoms with E-state index >= 15 is 0 Å². The molecule has 1 aromatic carbocycles. The van der Waals surface area contributed by atoms with Crippen LogP contribution in [-0.2, 0) is 10.0 Å². The van der Waals surface area contributed by atoms with Crippen molar-refractivity contribution in [2.75, 3.05) is 19.8 Å². The molecule has 4 heterocycles. The molecule has 28 heavy (non-hydrogen) atoms. The maximum atomic E-state index is 13.3. The third kappa shape index (κ3) is 2.97. The van der Waals surface area contributed by atoms with E-state index in [1.54, 1.807) is 12.1 Å². The molecule has 0 radical (unpaired) electrons. The molecule has 146 valence electrons. The highest BCUT2D eigenvalue weighted by atomic mass is 32.2. The van der Waals surface area contributed by atoms with E-state index in [2.05, 4.69) is 10.2 Å². The molecule has 1 saturated heterocycles. The minimum Gasteiger partial charge on any atom is -0.486 e. The number of hydrogen-bond donors (Lipinski definition) is 0. The standard InChI is InChI=1S/C18H17N3O5S2/c22-28(23,13-3-4-15-16(10-13)25-8-7-24-15)21-6-1-2-14(21)18-20-19-17(26-18)12-5-9-27-11-12/h3-5,9-11,14H,1-2,6-8H2. The van der Waals surface area contributed by atoms with Crippen molar-refractivity contribution in [3.8, 4) is 23.0 Å². The SMILES string of the molecule is O=S(=O)(c1ccc2c(c1)OCCO2)N1CCCC1c1nnc(-c2ccsc2)o1. The Kier molecular flexibility index (Phi) is 4.33. The molecule has 1 atom stereocenters. The smallest absolute Gasteiger partial charge is 0.248 e. The van der Waals surface area contributed by atoms with Gasteiger partial charge in [-0.1, -0.05) is 0 Å². The second kappa shape index (κ2) is 6.87. The third-order valence-corrected chi connectivity index (χ3v) is 7.41. The van der Waals surface area contributed by atoms with Crippen LogP contribution in [0.4, 0.5) is 0 Å². The van der Waals surface area contributed by atoms with Crippen LogP contribution < -0.4 is 9.47 Å². The van der Waals surface area contributed by atoms with Gasteiger partial charge in [0.15, 0.2) is 11.5 Å². The molecule has 0 saturated carbocycles. The Hall–Kier alpha value is -2.43. The minimum absolute atomic E-state index is 0.168. The second-order valence-electron chi connectivity index (χ2n) is 6.54. The number of thiophene rings is 1. The maximum Gasteiger partial charge on any atom is 0.248 e. The van der Waals surface area contributed by atoms with Gasteiger partial charge in [-0.3, -0.25) is 0 Å². The van der Waals surface area contributed by atoms with Gasteiger partial charge in [0.2, 0.25) is 21.8 Å². The lowest BCUT2D eigenvalue weighted by molar-refractivity contribution is 0.171. The summed E-state index contributed by atoms with van der Waals surface area (Å²) in [6, 6.07) is 6.11. The van der Waals surface area contributed by atoms with E-state index in [1.165, 1.54) is 21.7 Å². The van der Waals surface area contributed by atoms with Crippen molar-refractivity contribution < 1.29 is 22.3 Å². The monoisotopic (exact) mass is 419 g/mol. The zero-order valence-corrected chi connectivity index (χ0v) is 16.4. The first kappa shape index (κ1) is 17.7. The van der Waals surface area contributed by atoms with Crippen molar-refractivity contribution >= 4 is 21.4 Å². The zero-order chi connectivity index (χ0) is 19.1. The number of ether oxygens (including phenoxy) is 2. The largest absolute Gasteiger partial charge is 0.486 e. The Balaban J connectivity index is 1.46. The van der Waals surface area contributed by atoms with Crippen LogP contribution >= 0.6 is 11.3 Å². The van der Waals surface area contributed by atoms with E-state index in [0.29, 0.717) is 49.5 Å². The average molecular weight is 419 g/mol. The highest BCUT2D eigenvalue weighted by molar-refractivity contribution is 7.89. The topological polar surface area (TPSA) is 94.8 Å². The van der Waals surface area contributed by atoms with E-state index < -0.39 is 16.1 Å². The lowest BCUT2D eigenvalue weighted by Gasteiger charge is -2.23. The average Bonchev–Trinajstić information content (AvgIpc) is 3.48. The molecule has 0 spiro atoms. The molecule has 3 aromatic rings. The first-order chi connectivity index (χ1) is 13.6. The summed E-state index contributed by atoms with van der Waals surface area (Å²) in [5, 5.41) is 12.0. The van der Waals surface area contributed by atoms with Gasteiger partial charge in [-0.2, -0.15) is 15.6 Å². The van der Waals surface area contributed by atoms with Crippen LogP contribution in [0, 0.1) is 0 Å². The molecule has 5 rings (SSSR count). The maximum absolute atomic E-state index is 13.3. The molecule has 2 aliphatic rings. The number of fused-ring (bicyclic) bond motifs is 1. The van der Waals surface area contributed by atoms with Crippen LogP contribution in [0.25, 0.3) is 11.5 Å². The molecular formula is C18H17N3O5S2.